The number of rotatable bonds is 0. The summed E-state index contributed by atoms with van der Waals surface area (Å²) < 4.78 is 0.697. The van der Waals surface area contributed by atoms with Gasteiger partial charge >= 0.3 is 0 Å². The Hall–Kier alpha value is 0.200. The summed E-state index contributed by atoms with van der Waals surface area (Å²) in [7, 11) is 0. The second kappa shape index (κ2) is 2.84. The van der Waals surface area contributed by atoms with Gasteiger partial charge in [-0.15, -0.1) is 0 Å². The van der Waals surface area contributed by atoms with Gasteiger partial charge in [-0.3, -0.25) is 4.79 Å². The van der Waals surface area contributed by atoms with E-state index < -0.39 is 0 Å². The van der Waals surface area contributed by atoms with Gasteiger partial charge in [0.05, 0.1) is 0 Å². The van der Waals surface area contributed by atoms with E-state index in [0.29, 0.717) is 21.8 Å². The molecule has 0 spiro atoms. The summed E-state index contributed by atoms with van der Waals surface area (Å²) in [5.41, 5.74) is 0. The van der Waals surface area contributed by atoms with Crippen molar-refractivity contribution in [3.63, 3.8) is 0 Å². The van der Waals surface area contributed by atoms with Crippen LogP contribution in [-0.2, 0) is 4.79 Å². The molecule has 4 fully saturated rings. The third-order valence-corrected chi connectivity index (χ3v) is 5.85. The van der Waals surface area contributed by atoms with Crippen LogP contribution in [0.3, 0.4) is 0 Å². The van der Waals surface area contributed by atoms with Crippen molar-refractivity contribution in [2.45, 2.75) is 35.6 Å². The number of halogens is 1. The zero-order chi connectivity index (χ0) is 9.00. The average molecular weight is 291 g/mol. The molecule has 0 radical (unpaired) electrons. The first kappa shape index (κ1) is 8.50. The smallest absolute Gasteiger partial charge is 0.223 e. The molecule has 0 aromatic rings. The van der Waals surface area contributed by atoms with Crippen molar-refractivity contribution in [3.05, 3.63) is 0 Å². The van der Waals surface area contributed by atoms with E-state index >= 15 is 0 Å². The minimum absolute atomic E-state index is 0.344. The maximum absolute atomic E-state index is 11.7. The number of hydrogen-bond donors (Lipinski definition) is 1. The molecule has 5 atom stereocenters. The minimum Gasteiger partial charge on any atom is -0.352 e. The summed E-state index contributed by atoms with van der Waals surface area (Å²) in [6, 6.07) is 0.490. The zero-order valence-electron chi connectivity index (χ0n) is 7.50. The van der Waals surface area contributed by atoms with Gasteiger partial charge < -0.3 is 5.32 Å². The van der Waals surface area contributed by atoms with Crippen LogP contribution in [0.4, 0.5) is 0 Å². The van der Waals surface area contributed by atoms with Gasteiger partial charge in [0.2, 0.25) is 5.91 Å². The number of fused-ring (bicyclic) bond motifs is 1. The van der Waals surface area contributed by atoms with Crippen LogP contribution < -0.4 is 5.32 Å². The second-order valence-corrected chi connectivity index (χ2v) is 6.26. The Kier molecular flexibility index (Phi) is 1.86. The summed E-state index contributed by atoms with van der Waals surface area (Å²) in [4.78, 5) is 11.7. The van der Waals surface area contributed by atoms with Crippen molar-refractivity contribution in [1.29, 1.82) is 0 Å². The van der Waals surface area contributed by atoms with Crippen molar-refractivity contribution in [1.82, 2.24) is 5.32 Å². The summed E-state index contributed by atoms with van der Waals surface area (Å²) in [5.74, 6) is 2.37. The Labute approximate surface area is 92.0 Å². The van der Waals surface area contributed by atoms with Crippen molar-refractivity contribution in [2.24, 2.45) is 17.8 Å². The van der Waals surface area contributed by atoms with E-state index in [1.54, 1.807) is 0 Å². The maximum atomic E-state index is 11.7. The Bertz CT molecular complexity index is 255. The minimum atomic E-state index is 0.344. The van der Waals surface area contributed by atoms with Crippen LogP contribution in [0.2, 0.25) is 0 Å². The first-order valence-corrected chi connectivity index (χ1v) is 6.43. The zero-order valence-corrected chi connectivity index (χ0v) is 9.66. The fourth-order valence-electron chi connectivity index (χ4n) is 3.41. The molecule has 0 aromatic heterocycles. The van der Waals surface area contributed by atoms with Gasteiger partial charge in [-0.1, -0.05) is 22.6 Å². The van der Waals surface area contributed by atoms with E-state index in [2.05, 4.69) is 27.9 Å². The summed E-state index contributed by atoms with van der Waals surface area (Å²) in [6.45, 7) is 0. The van der Waals surface area contributed by atoms with Crippen LogP contribution in [0.25, 0.3) is 0 Å². The predicted octanol–water partition coefficient (Wildman–Crippen LogP) is 1.72. The van der Waals surface area contributed by atoms with Crippen LogP contribution in [0.15, 0.2) is 0 Å². The molecule has 4 aliphatic rings. The maximum Gasteiger partial charge on any atom is 0.223 e. The van der Waals surface area contributed by atoms with Crippen LogP contribution in [0.1, 0.15) is 25.7 Å². The number of nitrogens with one attached hydrogen (secondary N) is 1. The first-order chi connectivity index (χ1) is 6.24. The highest BCUT2D eigenvalue weighted by atomic mass is 127. The Morgan fingerprint density at radius 2 is 2.08 bits per heavy atom. The largest absolute Gasteiger partial charge is 0.352 e. The molecule has 72 valence electrons. The van der Waals surface area contributed by atoms with Gasteiger partial charge in [0.1, 0.15) is 0 Å². The number of carbonyl (C=O) groups is 1. The average Bonchev–Trinajstić information content (AvgIpc) is 2.26. The van der Waals surface area contributed by atoms with Crippen LogP contribution in [0.5, 0.6) is 0 Å². The lowest BCUT2D eigenvalue weighted by atomic mass is 9.68. The number of carbonyl (C=O) groups excluding carboxylic acids is 1. The van der Waals surface area contributed by atoms with Gasteiger partial charge in [-0.05, 0) is 37.5 Å². The van der Waals surface area contributed by atoms with Crippen LogP contribution in [-0.4, -0.2) is 15.9 Å². The molecule has 4 unspecified atom stereocenters. The molecule has 2 aliphatic carbocycles. The van der Waals surface area contributed by atoms with Crippen LogP contribution in [0, 0.1) is 17.8 Å². The van der Waals surface area contributed by atoms with E-state index in [-0.39, 0.29) is 0 Å². The van der Waals surface area contributed by atoms with Crippen LogP contribution >= 0.6 is 22.6 Å². The molecule has 2 heterocycles. The lowest BCUT2D eigenvalue weighted by Gasteiger charge is -2.40. The molecule has 3 heteroatoms. The molecule has 2 saturated heterocycles. The SMILES string of the molecule is O=C1NC2CC3CC1CC(C3)[C@@H]2I. The predicted molar refractivity (Wildman–Crippen MR) is 58.7 cm³/mol. The van der Waals surface area contributed by atoms with Gasteiger partial charge in [0.25, 0.3) is 0 Å². The third kappa shape index (κ3) is 1.22. The second-order valence-electron chi connectivity index (χ2n) is 4.83. The molecule has 0 aromatic carbocycles. The fraction of sp³-hybridized carbons (Fsp3) is 0.900. The van der Waals surface area contributed by atoms with Crippen molar-refractivity contribution >= 4 is 28.5 Å². The molecule has 1 amide bonds. The molecule has 2 saturated carbocycles. The lowest BCUT2D eigenvalue weighted by Crippen LogP contribution is -2.44. The number of amides is 1. The van der Waals surface area contributed by atoms with Crippen molar-refractivity contribution in [3.8, 4) is 0 Å². The summed E-state index contributed by atoms with van der Waals surface area (Å²) >= 11 is 2.55. The summed E-state index contributed by atoms with van der Waals surface area (Å²) in [6.07, 6.45) is 4.95. The molecular weight excluding hydrogens is 277 g/mol. The van der Waals surface area contributed by atoms with Crippen molar-refractivity contribution < 1.29 is 4.79 Å². The molecule has 2 aliphatic heterocycles. The molecule has 4 rings (SSSR count). The van der Waals surface area contributed by atoms with Gasteiger partial charge in [0, 0.05) is 15.9 Å². The Morgan fingerprint density at radius 3 is 2.92 bits per heavy atom. The molecule has 13 heavy (non-hydrogen) atoms. The van der Waals surface area contributed by atoms with E-state index in [4.69, 9.17) is 0 Å². The lowest BCUT2D eigenvalue weighted by molar-refractivity contribution is -0.125. The first-order valence-electron chi connectivity index (χ1n) is 5.18. The number of alkyl halides is 1. The Balaban J connectivity index is 1.98. The quantitative estimate of drug-likeness (QED) is 0.534. The fourth-order valence-corrected chi connectivity index (χ4v) is 4.47. The van der Waals surface area contributed by atoms with E-state index in [9.17, 15) is 4.79 Å². The topological polar surface area (TPSA) is 29.1 Å². The highest BCUT2D eigenvalue weighted by molar-refractivity contribution is 14.1. The Morgan fingerprint density at radius 1 is 1.23 bits per heavy atom. The molecular formula is C10H14INO. The third-order valence-electron chi connectivity index (χ3n) is 3.96. The monoisotopic (exact) mass is 291 g/mol. The highest BCUT2D eigenvalue weighted by Gasteiger charge is 2.47. The molecule has 2 nitrogen and oxygen atoms in total. The summed E-state index contributed by atoms with van der Waals surface area (Å²) in [5, 5.41) is 3.20. The number of hydrogen-bond acceptors (Lipinski definition) is 1. The molecule has 4 bridgehead atoms. The normalized spacial score (nSPS) is 53.3. The highest BCUT2D eigenvalue weighted by Crippen LogP contribution is 2.47. The van der Waals surface area contributed by atoms with E-state index in [0.717, 1.165) is 18.3 Å². The van der Waals surface area contributed by atoms with E-state index in [1.807, 2.05) is 0 Å². The van der Waals surface area contributed by atoms with Gasteiger partial charge in [-0.25, -0.2) is 0 Å². The van der Waals surface area contributed by atoms with E-state index in [1.165, 1.54) is 19.3 Å². The van der Waals surface area contributed by atoms with Gasteiger partial charge in [0.15, 0.2) is 0 Å². The molecule has 1 N–H and O–H groups in total. The van der Waals surface area contributed by atoms with Gasteiger partial charge in [-0.2, -0.15) is 0 Å². The van der Waals surface area contributed by atoms with Crippen molar-refractivity contribution in [2.75, 3.05) is 0 Å². The standard InChI is InChI=1S/C10H14INO/c11-9-6-1-5-2-7(4-6)10(13)12-8(9)3-5/h5-9H,1-4H2,(H,12,13)/t5?,6?,7?,8?,9-/m0/s1.